The van der Waals surface area contributed by atoms with E-state index in [0.29, 0.717) is 6.04 Å². The second kappa shape index (κ2) is 6.55. The number of rotatable bonds is 6. The molecular formula is C12H26N2O2. The van der Waals surface area contributed by atoms with Gasteiger partial charge in [-0.2, -0.15) is 0 Å². The molecule has 1 rings (SSSR count). The van der Waals surface area contributed by atoms with Crippen LogP contribution < -0.4 is 11.3 Å². The van der Waals surface area contributed by atoms with E-state index in [1.54, 1.807) is 7.11 Å². The molecule has 0 aliphatic carbocycles. The maximum atomic E-state index is 5.62. The van der Waals surface area contributed by atoms with Crippen molar-refractivity contribution in [1.29, 1.82) is 0 Å². The van der Waals surface area contributed by atoms with Gasteiger partial charge in [0.1, 0.15) is 0 Å². The predicted octanol–water partition coefficient (Wildman–Crippen LogP) is 1.45. The molecule has 4 heteroatoms. The summed E-state index contributed by atoms with van der Waals surface area (Å²) in [7, 11) is 1.75. The third-order valence-electron chi connectivity index (χ3n) is 3.48. The van der Waals surface area contributed by atoms with Gasteiger partial charge in [-0.05, 0) is 45.4 Å². The van der Waals surface area contributed by atoms with E-state index in [-0.39, 0.29) is 5.60 Å². The highest BCUT2D eigenvalue weighted by atomic mass is 16.5. The minimum absolute atomic E-state index is 0.109. The van der Waals surface area contributed by atoms with Gasteiger partial charge < -0.3 is 9.47 Å². The Morgan fingerprint density at radius 2 is 2.06 bits per heavy atom. The topological polar surface area (TPSA) is 56.5 Å². The number of nitrogens with two attached hydrogens (primary N) is 1. The van der Waals surface area contributed by atoms with Gasteiger partial charge in [-0.15, -0.1) is 0 Å². The van der Waals surface area contributed by atoms with E-state index in [1.807, 2.05) is 0 Å². The van der Waals surface area contributed by atoms with Crippen molar-refractivity contribution in [3.05, 3.63) is 0 Å². The van der Waals surface area contributed by atoms with Crippen LogP contribution in [-0.2, 0) is 9.47 Å². The maximum absolute atomic E-state index is 5.62. The summed E-state index contributed by atoms with van der Waals surface area (Å²) in [6, 6.07) is 0.332. The lowest BCUT2D eigenvalue weighted by molar-refractivity contribution is 0.00147. The van der Waals surface area contributed by atoms with Crippen molar-refractivity contribution in [1.82, 2.24) is 5.43 Å². The average Bonchev–Trinajstić information content (AvgIpc) is 2.29. The Bertz CT molecular complexity index is 191. The molecule has 0 saturated carbocycles. The summed E-state index contributed by atoms with van der Waals surface area (Å²) in [6.45, 7) is 5.99. The van der Waals surface area contributed by atoms with Crippen LogP contribution in [0.2, 0.25) is 0 Å². The van der Waals surface area contributed by atoms with E-state index in [9.17, 15) is 0 Å². The smallest absolute Gasteiger partial charge is 0.0638 e. The fourth-order valence-electron chi connectivity index (χ4n) is 2.27. The van der Waals surface area contributed by atoms with Gasteiger partial charge in [0.05, 0.1) is 5.60 Å². The van der Waals surface area contributed by atoms with Crippen LogP contribution in [0.15, 0.2) is 0 Å². The Morgan fingerprint density at radius 1 is 1.44 bits per heavy atom. The largest absolute Gasteiger partial charge is 0.381 e. The Hall–Kier alpha value is -0.160. The molecule has 0 amide bonds. The summed E-state index contributed by atoms with van der Waals surface area (Å²) in [5.74, 6) is 6.35. The molecule has 0 aromatic heterocycles. The molecule has 16 heavy (non-hydrogen) atoms. The van der Waals surface area contributed by atoms with E-state index < -0.39 is 0 Å². The van der Waals surface area contributed by atoms with Crippen molar-refractivity contribution in [3.63, 3.8) is 0 Å². The van der Waals surface area contributed by atoms with Gasteiger partial charge in [0.25, 0.3) is 0 Å². The number of hydrogen-bond donors (Lipinski definition) is 2. The molecule has 1 aliphatic rings. The number of hydrogen-bond acceptors (Lipinski definition) is 4. The standard InChI is InChI=1S/C12H26N2O2/c1-12(2,15-3)9-11(14-13)8-10-4-6-16-7-5-10/h10-11,14H,4-9,13H2,1-3H3. The molecule has 1 unspecified atom stereocenters. The zero-order valence-electron chi connectivity index (χ0n) is 10.8. The summed E-state index contributed by atoms with van der Waals surface area (Å²) in [4.78, 5) is 0. The van der Waals surface area contributed by atoms with Gasteiger partial charge in [-0.1, -0.05) is 0 Å². The highest BCUT2D eigenvalue weighted by Crippen LogP contribution is 2.24. The number of methoxy groups -OCH3 is 1. The van der Waals surface area contributed by atoms with Crippen molar-refractivity contribution in [2.45, 2.75) is 51.2 Å². The van der Waals surface area contributed by atoms with Gasteiger partial charge in [-0.3, -0.25) is 11.3 Å². The van der Waals surface area contributed by atoms with E-state index in [4.69, 9.17) is 15.3 Å². The fourth-order valence-corrected chi connectivity index (χ4v) is 2.27. The zero-order chi connectivity index (χ0) is 12.0. The molecule has 1 aliphatic heterocycles. The normalized spacial score (nSPS) is 21.0. The van der Waals surface area contributed by atoms with Crippen LogP contribution in [0.3, 0.4) is 0 Å². The van der Waals surface area contributed by atoms with Gasteiger partial charge in [0, 0.05) is 26.4 Å². The molecule has 0 radical (unpaired) electrons. The fraction of sp³-hybridized carbons (Fsp3) is 1.00. The quantitative estimate of drug-likeness (QED) is 0.535. The number of hydrazine groups is 1. The SMILES string of the molecule is COC(C)(C)CC(CC1CCOCC1)NN. The van der Waals surface area contributed by atoms with Crippen LogP contribution in [0.5, 0.6) is 0 Å². The first-order chi connectivity index (χ1) is 7.57. The van der Waals surface area contributed by atoms with E-state index in [0.717, 1.165) is 44.8 Å². The summed E-state index contributed by atoms with van der Waals surface area (Å²) in [5.41, 5.74) is 2.81. The molecular weight excluding hydrogens is 204 g/mol. The van der Waals surface area contributed by atoms with Crippen molar-refractivity contribution in [2.24, 2.45) is 11.8 Å². The van der Waals surface area contributed by atoms with Crippen molar-refractivity contribution >= 4 is 0 Å². The monoisotopic (exact) mass is 230 g/mol. The summed E-state index contributed by atoms with van der Waals surface area (Å²) >= 11 is 0. The predicted molar refractivity (Wildman–Crippen MR) is 65.0 cm³/mol. The Morgan fingerprint density at radius 3 is 2.56 bits per heavy atom. The van der Waals surface area contributed by atoms with Crippen LogP contribution in [0.25, 0.3) is 0 Å². The maximum Gasteiger partial charge on any atom is 0.0638 e. The third kappa shape index (κ3) is 4.78. The van der Waals surface area contributed by atoms with Crippen LogP contribution >= 0.6 is 0 Å². The summed E-state index contributed by atoms with van der Waals surface area (Å²) in [6.07, 6.45) is 4.38. The first-order valence-corrected chi connectivity index (χ1v) is 6.16. The molecule has 3 N–H and O–H groups in total. The second-order valence-electron chi connectivity index (χ2n) is 5.32. The van der Waals surface area contributed by atoms with Gasteiger partial charge >= 0.3 is 0 Å². The molecule has 1 fully saturated rings. The molecule has 0 aromatic rings. The molecule has 1 atom stereocenters. The van der Waals surface area contributed by atoms with E-state index >= 15 is 0 Å². The Balaban J connectivity index is 2.35. The zero-order valence-corrected chi connectivity index (χ0v) is 10.8. The third-order valence-corrected chi connectivity index (χ3v) is 3.48. The Kier molecular flexibility index (Phi) is 5.69. The molecule has 0 aromatic carbocycles. The highest BCUT2D eigenvalue weighted by molar-refractivity contribution is 4.80. The number of nitrogens with one attached hydrogen (secondary N) is 1. The minimum Gasteiger partial charge on any atom is -0.381 e. The molecule has 0 bridgehead atoms. The molecule has 0 spiro atoms. The Labute approximate surface area is 98.8 Å². The number of ether oxygens (including phenoxy) is 2. The lowest BCUT2D eigenvalue weighted by atomic mass is 9.88. The molecule has 1 saturated heterocycles. The molecule has 96 valence electrons. The van der Waals surface area contributed by atoms with E-state index in [2.05, 4.69) is 19.3 Å². The van der Waals surface area contributed by atoms with Crippen LogP contribution in [-0.4, -0.2) is 32.0 Å². The van der Waals surface area contributed by atoms with Crippen molar-refractivity contribution in [2.75, 3.05) is 20.3 Å². The molecule has 1 heterocycles. The average molecular weight is 230 g/mol. The highest BCUT2D eigenvalue weighted by Gasteiger charge is 2.25. The first-order valence-electron chi connectivity index (χ1n) is 6.16. The van der Waals surface area contributed by atoms with Crippen LogP contribution in [0.1, 0.15) is 39.5 Å². The van der Waals surface area contributed by atoms with Crippen molar-refractivity contribution < 1.29 is 9.47 Å². The van der Waals surface area contributed by atoms with E-state index in [1.165, 1.54) is 0 Å². The van der Waals surface area contributed by atoms with Crippen LogP contribution in [0.4, 0.5) is 0 Å². The first kappa shape index (κ1) is 13.9. The van der Waals surface area contributed by atoms with Gasteiger partial charge in [-0.25, -0.2) is 0 Å². The lowest BCUT2D eigenvalue weighted by Crippen LogP contribution is -2.42. The van der Waals surface area contributed by atoms with Gasteiger partial charge in [0.15, 0.2) is 0 Å². The van der Waals surface area contributed by atoms with Crippen LogP contribution in [0, 0.1) is 5.92 Å². The minimum atomic E-state index is -0.109. The van der Waals surface area contributed by atoms with Crippen molar-refractivity contribution in [3.8, 4) is 0 Å². The summed E-state index contributed by atoms with van der Waals surface area (Å²) < 4.78 is 10.8. The lowest BCUT2D eigenvalue weighted by Gasteiger charge is -2.31. The second-order valence-corrected chi connectivity index (χ2v) is 5.32. The van der Waals surface area contributed by atoms with Gasteiger partial charge in [0.2, 0.25) is 0 Å². The summed E-state index contributed by atoms with van der Waals surface area (Å²) in [5, 5.41) is 0. The molecule has 4 nitrogen and oxygen atoms in total.